The lowest BCUT2D eigenvalue weighted by Crippen LogP contribution is -2.50. The fourth-order valence-electron chi connectivity index (χ4n) is 5.74. The molecule has 0 saturated heterocycles. The molecule has 0 aliphatic heterocycles. The molecule has 62 heavy (non-hydrogen) atoms. The number of nitrogens with zero attached hydrogens (tertiary/aromatic N) is 1. The van der Waals surface area contributed by atoms with Gasteiger partial charge in [-0.2, -0.15) is 4.39 Å². The molecule has 4 atom stereocenters. The van der Waals surface area contributed by atoms with Gasteiger partial charge in [0.05, 0.1) is 18.0 Å². The lowest BCUT2D eigenvalue weighted by Gasteiger charge is -2.20. The zero-order valence-corrected chi connectivity index (χ0v) is 33.3. The molecule has 1 heterocycles. The molecular formula is C41H47FN6O14. The van der Waals surface area contributed by atoms with Crippen molar-refractivity contribution in [2.75, 3.05) is 19.7 Å². The van der Waals surface area contributed by atoms with Crippen LogP contribution in [0.15, 0.2) is 72.9 Å². The Kier molecular flexibility index (Phi) is 20.4. The third-order valence-corrected chi connectivity index (χ3v) is 8.92. The largest absolute Gasteiger partial charge is 0.484 e. The molecular weight excluding hydrogens is 819 g/mol. The van der Waals surface area contributed by atoms with Crippen LogP contribution in [-0.2, 0) is 51.1 Å². The topological polar surface area (TPSA) is 306 Å². The molecule has 332 valence electrons. The molecule has 2 aromatic carbocycles. The molecule has 20 nitrogen and oxygen atoms in total. The van der Waals surface area contributed by atoms with Crippen molar-refractivity contribution in [3.8, 4) is 5.75 Å². The number of carbonyl (C=O) groups excluding carboxylic acids is 6. The van der Waals surface area contributed by atoms with Gasteiger partial charge in [0, 0.05) is 38.4 Å². The van der Waals surface area contributed by atoms with Crippen molar-refractivity contribution in [3.05, 3.63) is 95.6 Å². The Hall–Kier alpha value is -7.45. The summed E-state index contributed by atoms with van der Waals surface area (Å²) < 4.78 is 23.5. The number of carboxylic acids is 3. The first kappa shape index (κ1) is 48.9. The fraction of sp³-hybridized carbons (Fsp3) is 0.366. The number of unbranched alkanes of at least 4 members (excludes halogenated alkanes) is 1. The number of hydrogen-bond acceptors (Lipinski definition) is 12. The van der Waals surface area contributed by atoms with Crippen molar-refractivity contribution in [3.63, 3.8) is 0 Å². The number of halogens is 1. The Morgan fingerprint density at radius 1 is 0.758 bits per heavy atom. The van der Waals surface area contributed by atoms with Crippen LogP contribution in [-0.4, -0.2) is 112 Å². The fourth-order valence-corrected chi connectivity index (χ4v) is 5.74. The number of nitrogens with one attached hydrogen (secondary N) is 5. The van der Waals surface area contributed by atoms with E-state index in [1.807, 2.05) is 0 Å². The molecule has 0 aliphatic carbocycles. The molecule has 0 saturated carbocycles. The molecule has 21 heteroatoms. The summed E-state index contributed by atoms with van der Waals surface area (Å²) in [6.45, 7) is -0.696. The second-order valence-electron chi connectivity index (χ2n) is 13.7. The molecule has 1 aromatic heterocycles. The Morgan fingerprint density at radius 2 is 1.47 bits per heavy atom. The van der Waals surface area contributed by atoms with Crippen molar-refractivity contribution in [2.45, 2.75) is 69.7 Å². The number of carbonyl (C=O) groups is 9. The first-order valence-electron chi connectivity index (χ1n) is 19.2. The van der Waals surface area contributed by atoms with Gasteiger partial charge in [-0.3, -0.25) is 33.6 Å². The quantitative estimate of drug-likeness (QED) is 0.0221. The van der Waals surface area contributed by atoms with Gasteiger partial charge < -0.3 is 51.4 Å². The average Bonchev–Trinajstić information content (AvgIpc) is 3.23. The van der Waals surface area contributed by atoms with Crippen molar-refractivity contribution in [2.24, 2.45) is 5.92 Å². The third kappa shape index (κ3) is 18.6. The second kappa shape index (κ2) is 25.9. The van der Waals surface area contributed by atoms with E-state index in [9.17, 15) is 57.8 Å². The zero-order chi connectivity index (χ0) is 45.4. The van der Waals surface area contributed by atoms with Crippen molar-refractivity contribution in [1.82, 2.24) is 31.6 Å². The minimum absolute atomic E-state index is 0.0261. The number of Topliss-reactive ketones (excluding diaryl/α,β-unsaturated/α-hetero) is 1. The van der Waals surface area contributed by atoms with Gasteiger partial charge in [-0.05, 0) is 61.1 Å². The van der Waals surface area contributed by atoms with Crippen LogP contribution in [0.4, 0.5) is 9.18 Å². The van der Waals surface area contributed by atoms with E-state index in [1.165, 1.54) is 18.2 Å². The van der Waals surface area contributed by atoms with Crippen LogP contribution < -0.4 is 31.3 Å². The van der Waals surface area contributed by atoms with Gasteiger partial charge in [-0.1, -0.05) is 42.5 Å². The van der Waals surface area contributed by atoms with Crippen molar-refractivity contribution in [1.29, 1.82) is 0 Å². The van der Waals surface area contributed by atoms with Gasteiger partial charge in [0.1, 0.15) is 17.8 Å². The standard InChI is InChI=1S/C41H47FN6O14/c42-33-15-11-27(21-44-33)37(54)45-22-29(50)20-28(39(56)57)18-26-9-12-30(13-10-26)61-23-34(51)46-32(19-25-6-2-1-3-7-25)38(55)43-17-5-4-8-35(62-24-49)48-41(60)47-31(40(58)59)14-16-36(52)53/h1-3,6-7,9-13,15,21,24,28,31-32,35H,4-5,8,14,16-20,22-23H2,(H,43,55)(H,45,54)(H,46,51)(H,52,53)(H,56,57)(H,58,59)(H2,47,48,60)/t28-,31+,32+,35-/m1/s1. The first-order chi connectivity index (χ1) is 29.6. The molecule has 0 bridgehead atoms. The van der Waals surface area contributed by atoms with Crippen LogP contribution in [0.3, 0.4) is 0 Å². The number of ether oxygens (including phenoxy) is 2. The summed E-state index contributed by atoms with van der Waals surface area (Å²) in [5, 5.41) is 40.0. The molecule has 3 aromatic rings. The Morgan fingerprint density at radius 3 is 2.10 bits per heavy atom. The van der Waals surface area contributed by atoms with Crippen LogP contribution >= 0.6 is 0 Å². The number of pyridine rings is 1. The SMILES string of the molecule is O=CO[C@H](CCCCNC(=O)[C@H](Cc1ccccc1)NC(=O)COc1ccc(C[C@H](CC(=O)CNC(=O)c2ccc(F)nc2)C(=O)O)cc1)NC(=O)N[C@@H](CCC(=O)O)C(=O)O. The van der Waals surface area contributed by atoms with E-state index >= 15 is 0 Å². The van der Waals surface area contributed by atoms with Crippen LogP contribution in [0, 0.1) is 11.9 Å². The van der Waals surface area contributed by atoms with Gasteiger partial charge in [0.2, 0.25) is 11.9 Å². The Labute approximate surface area is 354 Å². The molecule has 8 N–H and O–H groups in total. The average molecular weight is 867 g/mol. The van der Waals surface area contributed by atoms with E-state index in [0.717, 1.165) is 17.8 Å². The normalized spacial score (nSPS) is 12.5. The summed E-state index contributed by atoms with van der Waals surface area (Å²) in [6.07, 6.45) is -0.553. The van der Waals surface area contributed by atoms with Gasteiger partial charge in [0.25, 0.3) is 18.3 Å². The maximum atomic E-state index is 13.2. The summed E-state index contributed by atoms with van der Waals surface area (Å²) in [7, 11) is 0. The highest BCUT2D eigenvalue weighted by molar-refractivity contribution is 5.97. The van der Waals surface area contributed by atoms with Crippen LogP contribution in [0.1, 0.15) is 60.0 Å². The number of ketones is 1. The predicted molar refractivity (Wildman–Crippen MR) is 213 cm³/mol. The van der Waals surface area contributed by atoms with Crippen LogP contribution in [0.2, 0.25) is 0 Å². The highest BCUT2D eigenvalue weighted by atomic mass is 19.1. The number of rotatable bonds is 28. The maximum absolute atomic E-state index is 13.2. The van der Waals surface area contributed by atoms with Gasteiger partial charge in [-0.15, -0.1) is 0 Å². The minimum atomic E-state index is -1.50. The lowest BCUT2D eigenvalue weighted by atomic mass is 9.94. The smallest absolute Gasteiger partial charge is 0.326 e. The Balaban J connectivity index is 1.47. The third-order valence-electron chi connectivity index (χ3n) is 8.92. The highest BCUT2D eigenvalue weighted by Crippen LogP contribution is 2.18. The monoisotopic (exact) mass is 866 g/mol. The summed E-state index contributed by atoms with van der Waals surface area (Å²) in [5.41, 5.74) is 1.34. The highest BCUT2D eigenvalue weighted by Gasteiger charge is 2.25. The molecule has 0 radical (unpaired) electrons. The zero-order valence-electron chi connectivity index (χ0n) is 33.3. The van der Waals surface area contributed by atoms with Crippen molar-refractivity contribution >= 4 is 53.9 Å². The number of aliphatic carboxylic acids is 3. The molecule has 0 unspecified atom stereocenters. The predicted octanol–water partition coefficient (Wildman–Crippen LogP) is 1.36. The first-order valence-corrected chi connectivity index (χ1v) is 19.2. The van der Waals surface area contributed by atoms with Gasteiger partial charge >= 0.3 is 23.9 Å². The molecule has 0 aliphatic rings. The van der Waals surface area contributed by atoms with E-state index in [-0.39, 0.29) is 56.4 Å². The van der Waals surface area contributed by atoms with E-state index < -0.39 is 97.2 Å². The van der Waals surface area contributed by atoms with Crippen LogP contribution in [0.5, 0.6) is 5.75 Å². The van der Waals surface area contributed by atoms with E-state index in [4.69, 9.17) is 14.6 Å². The van der Waals surface area contributed by atoms with Gasteiger partial charge in [0.15, 0.2) is 18.6 Å². The number of aromatic nitrogens is 1. The van der Waals surface area contributed by atoms with Crippen molar-refractivity contribution < 1.29 is 72.3 Å². The number of amides is 5. The number of carboxylic acid groups (broad SMARTS) is 3. The molecule has 5 amide bonds. The second-order valence-corrected chi connectivity index (χ2v) is 13.7. The molecule has 3 rings (SSSR count). The lowest BCUT2D eigenvalue weighted by molar-refractivity contribution is -0.143. The molecule has 0 spiro atoms. The maximum Gasteiger partial charge on any atom is 0.326 e. The molecule has 0 fully saturated rings. The van der Waals surface area contributed by atoms with E-state index in [2.05, 4.69) is 31.6 Å². The Bertz CT molecular complexity index is 2000. The summed E-state index contributed by atoms with van der Waals surface area (Å²) >= 11 is 0. The van der Waals surface area contributed by atoms with E-state index in [1.54, 1.807) is 42.5 Å². The number of urea groups is 1. The number of hydrogen-bond donors (Lipinski definition) is 8. The summed E-state index contributed by atoms with van der Waals surface area (Å²) in [6, 6.07) is 13.7. The minimum Gasteiger partial charge on any atom is -0.484 e. The number of benzene rings is 2. The summed E-state index contributed by atoms with van der Waals surface area (Å²) in [4.78, 5) is 112. The summed E-state index contributed by atoms with van der Waals surface area (Å²) in [5.74, 6) is -7.89. The van der Waals surface area contributed by atoms with Gasteiger partial charge in [-0.25, -0.2) is 14.6 Å². The van der Waals surface area contributed by atoms with Crippen LogP contribution in [0.25, 0.3) is 0 Å². The van der Waals surface area contributed by atoms with E-state index in [0.29, 0.717) is 18.4 Å².